The maximum absolute atomic E-state index is 13.1. The van der Waals surface area contributed by atoms with Crippen molar-refractivity contribution < 1.29 is 9.53 Å². The number of amides is 1. The number of hydrogen-bond donors (Lipinski definition) is 0. The Morgan fingerprint density at radius 1 is 0.815 bits per heavy atom. The third kappa shape index (κ3) is 5.45. The highest BCUT2D eigenvalue weighted by molar-refractivity contribution is 5.81. The van der Waals surface area contributed by atoms with Gasteiger partial charge in [0, 0.05) is 13.1 Å². The minimum atomic E-state index is -0.555. The number of ether oxygens (including phenoxy) is 1. The van der Waals surface area contributed by atoms with Crippen molar-refractivity contribution in [2.75, 3.05) is 0 Å². The quantitative estimate of drug-likeness (QED) is 0.595. The Morgan fingerprint density at radius 3 is 1.78 bits per heavy atom. The van der Waals surface area contributed by atoms with Gasteiger partial charge in [0.1, 0.15) is 5.75 Å². The van der Waals surface area contributed by atoms with Crippen molar-refractivity contribution in [1.29, 1.82) is 0 Å². The van der Waals surface area contributed by atoms with Crippen LogP contribution in [0, 0.1) is 6.92 Å². The van der Waals surface area contributed by atoms with Crippen LogP contribution in [-0.4, -0.2) is 16.9 Å². The van der Waals surface area contributed by atoms with Crippen LogP contribution < -0.4 is 4.74 Å². The van der Waals surface area contributed by atoms with E-state index in [0.29, 0.717) is 18.8 Å². The summed E-state index contributed by atoms with van der Waals surface area (Å²) < 4.78 is 5.90. The van der Waals surface area contributed by atoms with Gasteiger partial charge in [-0.2, -0.15) is 0 Å². The van der Waals surface area contributed by atoms with Gasteiger partial charge in [0.25, 0.3) is 5.91 Å². The van der Waals surface area contributed by atoms with E-state index >= 15 is 0 Å². The highest BCUT2D eigenvalue weighted by Gasteiger charge is 2.22. The molecule has 3 aromatic carbocycles. The van der Waals surface area contributed by atoms with Gasteiger partial charge in [-0.05, 0) is 37.1 Å². The second kappa shape index (κ2) is 9.04. The molecule has 0 bridgehead atoms. The van der Waals surface area contributed by atoms with Crippen molar-refractivity contribution in [3.63, 3.8) is 0 Å². The molecular formula is C24H25NO2. The van der Waals surface area contributed by atoms with Gasteiger partial charge in [0.2, 0.25) is 0 Å². The van der Waals surface area contributed by atoms with Gasteiger partial charge in [-0.3, -0.25) is 4.79 Å². The van der Waals surface area contributed by atoms with Gasteiger partial charge in [-0.15, -0.1) is 0 Å². The van der Waals surface area contributed by atoms with E-state index in [0.717, 1.165) is 16.7 Å². The molecule has 0 aromatic heterocycles. The van der Waals surface area contributed by atoms with Crippen molar-refractivity contribution in [3.8, 4) is 5.75 Å². The molecule has 0 fully saturated rings. The molecule has 0 aliphatic carbocycles. The van der Waals surface area contributed by atoms with Crippen molar-refractivity contribution in [2.45, 2.75) is 33.0 Å². The summed E-state index contributed by atoms with van der Waals surface area (Å²) in [5.74, 6) is 0.684. The Hall–Kier alpha value is -3.07. The molecule has 1 atom stereocenters. The number of nitrogens with zero attached hydrogens (tertiary/aromatic N) is 1. The number of aryl methyl sites for hydroxylation is 1. The van der Waals surface area contributed by atoms with Crippen LogP contribution in [0.15, 0.2) is 84.9 Å². The van der Waals surface area contributed by atoms with Crippen LogP contribution in [0.4, 0.5) is 0 Å². The van der Waals surface area contributed by atoms with Crippen LogP contribution in [0.25, 0.3) is 0 Å². The maximum Gasteiger partial charge on any atom is 0.263 e. The standard InChI is InChI=1S/C24H25NO2/c1-19-13-15-23(16-14-19)27-20(2)24(26)25(17-21-9-5-3-6-10-21)18-22-11-7-4-8-12-22/h3-16,20H,17-18H2,1-2H3/t20-/m0/s1. The molecule has 3 rings (SSSR count). The van der Waals surface area contributed by atoms with E-state index in [-0.39, 0.29) is 5.91 Å². The first kappa shape index (κ1) is 18.7. The van der Waals surface area contributed by atoms with Crippen LogP contribution in [0.5, 0.6) is 5.75 Å². The van der Waals surface area contributed by atoms with E-state index in [1.165, 1.54) is 0 Å². The van der Waals surface area contributed by atoms with Crippen LogP contribution in [0.2, 0.25) is 0 Å². The van der Waals surface area contributed by atoms with Gasteiger partial charge in [-0.25, -0.2) is 0 Å². The van der Waals surface area contributed by atoms with Gasteiger partial charge < -0.3 is 9.64 Å². The van der Waals surface area contributed by atoms with Gasteiger partial charge in [0.05, 0.1) is 0 Å². The van der Waals surface area contributed by atoms with Crippen molar-refractivity contribution >= 4 is 5.91 Å². The second-order valence-corrected chi connectivity index (χ2v) is 6.74. The largest absolute Gasteiger partial charge is 0.481 e. The van der Waals surface area contributed by atoms with E-state index in [9.17, 15) is 4.79 Å². The zero-order chi connectivity index (χ0) is 19.1. The molecule has 0 radical (unpaired) electrons. The van der Waals surface area contributed by atoms with Crippen LogP contribution in [0.1, 0.15) is 23.6 Å². The van der Waals surface area contributed by atoms with Crippen molar-refractivity contribution in [2.24, 2.45) is 0 Å². The van der Waals surface area contributed by atoms with E-state index < -0.39 is 6.10 Å². The molecule has 3 heteroatoms. The second-order valence-electron chi connectivity index (χ2n) is 6.74. The third-order valence-electron chi connectivity index (χ3n) is 4.43. The molecule has 0 saturated carbocycles. The average Bonchev–Trinajstić information content (AvgIpc) is 2.70. The number of benzene rings is 3. The lowest BCUT2D eigenvalue weighted by Gasteiger charge is -2.26. The fourth-order valence-corrected chi connectivity index (χ4v) is 2.95. The van der Waals surface area contributed by atoms with Crippen LogP contribution in [-0.2, 0) is 17.9 Å². The van der Waals surface area contributed by atoms with Gasteiger partial charge in [-0.1, -0.05) is 78.4 Å². The van der Waals surface area contributed by atoms with Crippen molar-refractivity contribution in [1.82, 2.24) is 4.90 Å². The molecule has 0 saturated heterocycles. The maximum atomic E-state index is 13.1. The Balaban J connectivity index is 1.75. The lowest BCUT2D eigenvalue weighted by Crippen LogP contribution is -2.39. The average molecular weight is 359 g/mol. The first-order valence-corrected chi connectivity index (χ1v) is 9.22. The highest BCUT2D eigenvalue weighted by atomic mass is 16.5. The summed E-state index contributed by atoms with van der Waals surface area (Å²) in [4.78, 5) is 15.0. The van der Waals surface area contributed by atoms with E-state index in [1.807, 2.05) is 104 Å². The minimum absolute atomic E-state index is 0.0247. The molecule has 1 amide bonds. The van der Waals surface area contributed by atoms with E-state index in [4.69, 9.17) is 4.74 Å². The van der Waals surface area contributed by atoms with Crippen LogP contribution >= 0.6 is 0 Å². The molecular weight excluding hydrogens is 334 g/mol. The highest BCUT2D eigenvalue weighted by Crippen LogP contribution is 2.17. The Kier molecular flexibility index (Phi) is 6.26. The van der Waals surface area contributed by atoms with E-state index in [1.54, 1.807) is 0 Å². The zero-order valence-corrected chi connectivity index (χ0v) is 15.8. The molecule has 0 aliphatic rings. The number of hydrogen-bond acceptors (Lipinski definition) is 2. The Morgan fingerprint density at radius 2 is 1.30 bits per heavy atom. The summed E-state index contributed by atoms with van der Waals surface area (Å²) in [5, 5.41) is 0. The Bertz CT molecular complexity index is 803. The SMILES string of the molecule is Cc1ccc(O[C@@H](C)C(=O)N(Cc2ccccc2)Cc2ccccc2)cc1. The van der Waals surface area contributed by atoms with Gasteiger partial charge >= 0.3 is 0 Å². The lowest BCUT2D eigenvalue weighted by atomic mass is 10.1. The molecule has 0 N–H and O–H groups in total. The first-order valence-electron chi connectivity index (χ1n) is 9.22. The van der Waals surface area contributed by atoms with Crippen molar-refractivity contribution in [3.05, 3.63) is 102 Å². The zero-order valence-electron chi connectivity index (χ0n) is 15.8. The summed E-state index contributed by atoms with van der Waals surface area (Å²) in [6.45, 7) is 4.94. The first-order chi connectivity index (χ1) is 13.1. The summed E-state index contributed by atoms with van der Waals surface area (Å²) in [6, 6.07) is 27.9. The van der Waals surface area contributed by atoms with Crippen LogP contribution in [0.3, 0.4) is 0 Å². The fraction of sp³-hybridized carbons (Fsp3) is 0.208. The Labute approximate surface area is 161 Å². The molecule has 138 valence electrons. The molecule has 0 spiro atoms. The molecule has 0 aliphatic heterocycles. The molecule has 0 unspecified atom stereocenters. The third-order valence-corrected chi connectivity index (χ3v) is 4.43. The molecule has 3 aromatic rings. The minimum Gasteiger partial charge on any atom is -0.481 e. The monoisotopic (exact) mass is 359 g/mol. The normalized spacial score (nSPS) is 11.6. The lowest BCUT2D eigenvalue weighted by molar-refractivity contribution is -0.139. The summed E-state index contributed by atoms with van der Waals surface area (Å²) in [7, 11) is 0. The number of rotatable bonds is 7. The number of carbonyl (C=O) groups excluding carboxylic acids is 1. The molecule has 3 nitrogen and oxygen atoms in total. The smallest absolute Gasteiger partial charge is 0.263 e. The predicted molar refractivity (Wildman–Crippen MR) is 108 cm³/mol. The predicted octanol–water partition coefficient (Wildman–Crippen LogP) is 4.99. The topological polar surface area (TPSA) is 29.5 Å². The fourth-order valence-electron chi connectivity index (χ4n) is 2.95. The summed E-state index contributed by atoms with van der Waals surface area (Å²) in [5.41, 5.74) is 3.37. The summed E-state index contributed by atoms with van der Waals surface area (Å²) in [6.07, 6.45) is -0.555. The number of carbonyl (C=O) groups is 1. The van der Waals surface area contributed by atoms with Gasteiger partial charge in [0.15, 0.2) is 6.10 Å². The molecule has 27 heavy (non-hydrogen) atoms. The summed E-state index contributed by atoms with van der Waals surface area (Å²) >= 11 is 0. The molecule has 0 heterocycles. The van der Waals surface area contributed by atoms with E-state index in [2.05, 4.69) is 0 Å².